The first-order valence-corrected chi connectivity index (χ1v) is 7.54. The first-order chi connectivity index (χ1) is 9.51. The van der Waals surface area contributed by atoms with Crippen LogP contribution in [0.2, 0.25) is 0 Å². The molecule has 1 atom stereocenters. The maximum atomic E-state index is 12.2. The average molecular weight is 290 g/mol. The molecule has 2 aromatic rings. The van der Waals surface area contributed by atoms with Gasteiger partial charge in [0.2, 0.25) is 10.0 Å². The minimum absolute atomic E-state index is 0.0860. The fraction of sp³-hybridized carbons (Fsp3) is 0.214. The molecule has 0 aliphatic carbocycles. The number of nitrogens with zero attached hydrogens (tertiary/aromatic N) is 1. The van der Waals surface area contributed by atoms with E-state index in [4.69, 9.17) is 9.68 Å². The highest BCUT2D eigenvalue weighted by atomic mass is 32.2. The van der Waals surface area contributed by atoms with E-state index >= 15 is 0 Å². The van der Waals surface area contributed by atoms with Gasteiger partial charge in [-0.05, 0) is 37.3 Å². The lowest BCUT2D eigenvalue weighted by atomic mass is 10.2. The van der Waals surface area contributed by atoms with Crippen LogP contribution in [0.3, 0.4) is 0 Å². The van der Waals surface area contributed by atoms with Gasteiger partial charge in [-0.15, -0.1) is 0 Å². The van der Waals surface area contributed by atoms with E-state index in [2.05, 4.69) is 4.72 Å². The molecule has 1 N–H and O–H groups in total. The zero-order valence-electron chi connectivity index (χ0n) is 10.9. The van der Waals surface area contributed by atoms with E-state index < -0.39 is 10.0 Å². The second-order valence-electron chi connectivity index (χ2n) is 4.45. The number of benzene rings is 1. The van der Waals surface area contributed by atoms with Crippen LogP contribution in [-0.2, 0) is 16.4 Å². The Morgan fingerprint density at radius 2 is 2.15 bits per heavy atom. The van der Waals surface area contributed by atoms with Crippen LogP contribution in [-0.4, -0.2) is 14.5 Å². The molecule has 0 spiro atoms. The van der Waals surface area contributed by atoms with Gasteiger partial charge in [-0.25, -0.2) is 13.1 Å². The Bertz CT molecular complexity index is 715. The molecule has 1 aromatic heterocycles. The maximum Gasteiger partial charge on any atom is 0.240 e. The van der Waals surface area contributed by atoms with Gasteiger partial charge in [0.05, 0.1) is 22.8 Å². The monoisotopic (exact) mass is 290 g/mol. The minimum Gasteiger partial charge on any atom is -0.469 e. The van der Waals surface area contributed by atoms with Crippen LogP contribution in [0, 0.1) is 11.3 Å². The molecule has 0 aliphatic rings. The van der Waals surface area contributed by atoms with Gasteiger partial charge in [0.1, 0.15) is 5.76 Å². The van der Waals surface area contributed by atoms with Crippen molar-refractivity contribution in [2.75, 3.05) is 0 Å². The van der Waals surface area contributed by atoms with E-state index in [1.807, 2.05) is 6.07 Å². The number of nitrogens with one attached hydrogen (secondary N) is 1. The van der Waals surface area contributed by atoms with Crippen molar-refractivity contribution in [3.8, 4) is 6.07 Å². The molecule has 5 nitrogen and oxygen atoms in total. The summed E-state index contributed by atoms with van der Waals surface area (Å²) in [4.78, 5) is 0.0860. The molecule has 1 heterocycles. The molecule has 0 fully saturated rings. The summed E-state index contributed by atoms with van der Waals surface area (Å²) in [5.41, 5.74) is 0.312. The first kappa shape index (κ1) is 14.3. The zero-order valence-corrected chi connectivity index (χ0v) is 11.7. The molecule has 0 amide bonds. The summed E-state index contributed by atoms with van der Waals surface area (Å²) < 4.78 is 32.1. The van der Waals surface area contributed by atoms with Crippen LogP contribution >= 0.6 is 0 Å². The van der Waals surface area contributed by atoms with Crippen molar-refractivity contribution in [2.45, 2.75) is 24.3 Å². The third-order valence-electron chi connectivity index (χ3n) is 2.72. The third kappa shape index (κ3) is 3.47. The third-order valence-corrected chi connectivity index (χ3v) is 4.30. The quantitative estimate of drug-likeness (QED) is 0.913. The van der Waals surface area contributed by atoms with Crippen molar-refractivity contribution in [3.05, 3.63) is 54.0 Å². The number of hydrogen-bond donors (Lipinski definition) is 1. The molecule has 20 heavy (non-hydrogen) atoms. The molecule has 0 saturated heterocycles. The van der Waals surface area contributed by atoms with Crippen molar-refractivity contribution in [1.82, 2.24) is 4.72 Å². The summed E-state index contributed by atoms with van der Waals surface area (Å²) in [6.45, 7) is 1.76. The number of furan rings is 1. The SMILES string of the molecule is C[C@H](Cc1ccco1)NS(=O)(=O)c1cccc(C#N)c1. The predicted octanol–water partition coefficient (Wildman–Crippen LogP) is 2.06. The van der Waals surface area contributed by atoms with Crippen LogP contribution in [0.1, 0.15) is 18.2 Å². The lowest BCUT2D eigenvalue weighted by molar-refractivity contribution is 0.479. The smallest absolute Gasteiger partial charge is 0.240 e. The van der Waals surface area contributed by atoms with Crippen molar-refractivity contribution < 1.29 is 12.8 Å². The standard InChI is InChI=1S/C14H14N2O3S/c1-11(8-13-5-3-7-19-13)16-20(17,18)14-6-2-4-12(9-14)10-15/h2-7,9,11,16H,8H2,1H3/t11-/m1/s1. The molecule has 0 aliphatic heterocycles. The van der Waals surface area contributed by atoms with Crippen LogP contribution < -0.4 is 4.72 Å². The summed E-state index contributed by atoms with van der Waals surface area (Å²) in [6, 6.07) is 11.1. The minimum atomic E-state index is -3.64. The number of rotatable bonds is 5. The first-order valence-electron chi connectivity index (χ1n) is 6.06. The van der Waals surface area contributed by atoms with E-state index in [0.29, 0.717) is 17.7 Å². The summed E-state index contributed by atoms with van der Waals surface area (Å²) in [5.74, 6) is 0.714. The highest BCUT2D eigenvalue weighted by Crippen LogP contribution is 2.12. The lowest BCUT2D eigenvalue weighted by Crippen LogP contribution is -2.34. The highest BCUT2D eigenvalue weighted by molar-refractivity contribution is 7.89. The number of sulfonamides is 1. The normalized spacial score (nSPS) is 12.8. The van der Waals surface area contributed by atoms with E-state index in [1.165, 1.54) is 12.1 Å². The van der Waals surface area contributed by atoms with Crippen molar-refractivity contribution in [1.29, 1.82) is 5.26 Å². The molecular formula is C14H14N2O3S. The Labute approximate surface area is 117 Å². The molecule has 0 unspecified atom stereocenters. The van der Waals surface area contributed by atoms with Gasteiger partial charge in [0, 0.05) is 12.5 Å². The number of hydrogen-bond acceptors (Lipinski definition) is 4. The largest absolute Gasteiger partial charge is 0.469 e. The Morgan fingerprint density at radius 1 is 1.35 bits per heavy atom. The second-order valence-corrected chi connectivity index (χ2v) is 6.16. The van der Waals surface area contributed by atoms with Gasteiger partial charge in [-0.1, -0.05) is 6.07 Å². The van der Waals surface area contributed by atoms with Gasteiger partial charge >= 0.3 is 0 Å². The lowest BCUT2D eigenvalue weighted by Gasteiger charge is -2.13. The molecule has 0 bridgehead atoms. The van der Waals surface area contributed by atoms with E-state index in [0.717, 1.165) is 0 Å². The maximum absolute atomic E-state index is 12.2. The summed E-state index contributed by atoms with van der Waals surface area (Å²) in [7, 11) is -3.64. The molecule has 6 heteroatoms. The van der Waals surface area contributed by atoms with Gasteiger partial charge < -0.3 is 4.42 Å². The van der Waals surface area contributed by atoms with Gasteiger partial charge in [0.25, 0.3) is 0 Å². The Morgan fingerprint density at radius 3 is 2.80 bits per heavy atom. The summed E-state index contributed by atoms with van der Waals surface area (Å²) in [5, 5.41) is 8.80. The van der Waals surface area contributed by atoms with E-state index in [1.54, 1.807) is 37.5 Å². The Balaban J connectivity index is 2.12. The molecular weight excluding hydrogens is 276 g/mol. The highest BCUT2D eigenvalue weighted by Gasteiger charge is 2.18. The topological polar surface area (TPSA) is 83.1 Å². The van der Waals surface area contributed by atoms with Crippen LogP contribution in [0.4, 0.5) is 0 Å². The fourth-order valence-electron chi connectivity index (χ4n) is 1.84. The average Bonchev–Trinajstić information content (AvgIpc) is 2.91. The summed E-state index contributed by atoms with van der Waals surface area (Å²) >= 11 is 0. The van der Waals surface area contributed by atoms with Crippen molar-refractivity contribution in [2.24, 2.45) is 0 Å². The Kier molecular flexibility index (Phi) is 4.23. The van der Waals surface area contributed by atoms with Gasteiger partial charge in [0.15, 0.2) is 0 Å². The Hall–Kier alpha value is -2.10. The van der Waals surface area contributed by atoms with Crippen LogP contribution in [0.5, 0.6) is 0 Å². The molecule has 2 rings (SSSR count). The predicted molar refractivity (Wildman–Crippen MR) is 73.4 cm³/mol. The molecule has 1 aromatic carbocycles. The molecule has 0 radical (unpaired) electrons. The van der Waals surface area contributed by atoms with E-state index in [9.17, 15) is 8.42 Å². The van der Waals surface area contributed by atoms with E-state index in [-0.39, 0.29) is 10.9 Å². The second kappa shape index (κ2) is 5.90. The van der Waals surface area contributed by atoms with Crippen LogP contribution in [0.25, 0.3) is 0 Å². The zero-order chi connectivity index (χ0) is 14.6. The fourth-order valence-corrected chi connectivity index (χ4v) is 3.13. The van der Waals surface area contributed by atoms with Gasteiger partial charge in [-0.3, -0.25) is 0 Å². The molecule has 0 saturated carbocycles. The van der Waals surface area contributed by atoms with Crippen molar-refractivity contribution >= 4 is 10.0 Å². The molecule has 104 valence electrons. The van der Waals surface area contributed by atoms with Crippen LogP contribution in [0.15, 0.2) is 52.0 Å². The van der Waals surface area contributed by atoms with Crippen molar-refractivity contribution in [3.63, 3.8) is 0 Å². The summed E-state index contributed by atoms with van der Waals surface area (Å²) in [6.07, 6.45) is 2.01. The number of nitriles is 1. The van der Waals surface area contributed by atoms with Gasteiger partial charge in [-0.2, -0.15) is 5.26 Å².